The first-order valence-corrected chi connectivity index (χ1v) is 7.09. The molecule has 0 bridgehead atoms. The van der Waals surface area contributed by atoms with Crippen molar-refractivity contribution in [1.82, 2.24) is 15.0 Å². The predicted octanol–water partition coefficient (Wildman–Crippen LogP) is 0.885. The average molecular weight is 266 g/mol. The molecule has 19 heavy (non-hydrogen) atoms. The van der Waals surface area contributed by atoms with Gasteiger partial charge in [0, 0.05) is 32.2 Å². The summed E-state index contributed by atoms with van der Waals surface area (Å²) >= 11 is 0. The van der Waals surface area contributed by atoms with Gasteiger partial charge in [0.15, 0.2) is 5.82 Å². The Balaban J connectivity index is 1.60. The number of nitrogens with zero attached hydrogens (tertiary/aromatic N) is 3. The van der Waals surface area contributed by atoms with Gasteiger partial charge in [-0.2, -0.15) is 4.98 Å². The third-order valence-corrected chi connectivity index (χ3v) is 4.16. The molecule has 0 spiro atoms. The predicted molar refractivity (Wildman–Crippen MR) is 69.6 cm³/mol. The molecule has 6 heteroatoms. The summed E-state index contributed by atoms with van der Waals surface area (Å²) in [4.78, 5) is 6.82. The van der Waals surface area contributed by atoms with Crippen molar-refractivity contribution < 1.29 is 9.26 Å². The van der Waals surface area contributed by atoms with Crippen LogP contribution in [0.1, 0.15) is 43.3 Å². The minimum absolute atomic E-state index is 0.328. The molecule has 2 N–H and O–H groups in total. The van der Waals surface area contributed by atoms with Gasteiger partial charge in [0.1, 0.15) is 0 Å². The van der Waals surface area contributed by atoms with E-state index in [1.807, 2.05) is 0 Å². The molecule has 2 unspecified atom stereocenters. The molecule has 1 saturated heterocycles. The summed E-state index contributed by atoms with van der Waals surface area (Å²) in [5.41, 5.74) is 5.86. The number of rotatable bonds is 5. The van der Waals surface area contributed by atoms with Gasteiger partial charge >= 0.3 is 0 Å². The van der Waals surface area contributed by atoms with Crippen LogP contribution in [0, 0.1) is 0 Å². The average Bonchev–Trinajstić information content (AvgIpc) is 3.20. The third kappa shape index (κ3) is 2.96. The van der Waals surface area contributed by atoms with Crippen molar-refractivity contribution in [2.45, 2.75) is 50.3 Å². The standard InChI is InChI=1S/C13H22N4O2/c1-18-11-4-5-17(10(6-11)7-14)8-12-15-13(16-19-12)9-2-3-9/h9-11H,2-8,14H2,1H3. The number of ether oxygens (including phenoxy) is 1. The minimum Gasteiger partial charge on any atom is -0.381 e. The normalized spacial score (nSPS) is 28.7. The summed E-state index contributed by atoms with van der Waals surface area (Å²) in [7, 11) is 1.77. The van der Waals surface area contributed by atoms with E-state index in [1.54, 1.807) is 7.11 Å². The lowest BCUT2D eigenvalue weighted by molar-refractivity contribution is 0.00676. The molecule has 1 aliphatic heterocycles. The van der Waals surface area contributed by atoms with Crippen molar-refractivity contribution in [3.63, 3.8) is 0 Å². The van der Waals surface area contributed by atoms with E-state index in [9.17, 15) is 0 Å². The van der Waals surface area contributed by atoms with Crippen LogP contribution in [0.2, 0.25) is 0 Å². The van der Waals surface area contributed by atoms with Crippen LogP contribution in [0.3, 0.4) is 0 Å². The Bertz CT molecular complexity index is 419. The SMILES string of the molecule is COC1CCN(Cc2nc(C3CC3)no2)C(CN)C1. The highest BCUT2D eigenvalue weighted by Gasteiger charge is 2.31. The quantitative estimate of drug-likeness (QED) is 0.852. The van der Waals surface area contributed by atoms with E-state index in [0.29, 0.717) is 31.2 Å². The van der Waals surface area contributed by atoms with Gasteiger partial charge in [0.2, 0.25) is 5.89 Å². The summed E-state index contributed by atoms with van der Waals surface area (Å²) in [5, 5.41) is 4.06. The van der Waals surface area contributed by atoms with E-state index < -0.39 is 0 Å². The molecule has 2 fully saturated rings. The highest BCUT2D eigenvalue weighted by molar-refractivity contribution is 5.03. The van der Waals surface area contributed by atoms with Gasteiger partial charge in [-0.15, -0.1) is 0 Å². The second kappa shape index (κ2) is 5.56. The van der Waals surface area contributed by atoms with E-state index in [2.05, 4.69) is 15.0 Å². The summed E-state index contributed by atoms with van der Waals surface area (Å²) < 4.78 is 10.8. The van der Waals surface area contributed by atoms with Crippen LogP contribution < -0.4 is 5.73 Å². The number of nitrogens with two attached hydrogens (primary N) is 1. The third-order valence-electron chi connectivity index (χ3n) is 4.16. The first-order valence-electron chi connectivity index (χ1n) is 7.09. The summed E-state index contributed by atoms with van der Waals surface area (Å²) in [6.45, 7) is 2.32. The topological polar surface area (TPSA) is 77.4 Å². The number of hydrogen-bond acceptors (Lipinski definition) is 6. The molecule has 3 rings (SSSR count). The lowest BCUT2D eigenvalue weighted by Crippen LogP contribution is -2.48. The summed E-state index contributed by atoms with van der Waals surface area (Å²) in [6.07, 6.45) is 4.75. The van der Waals surface area contributed by atoms with E-state index in [1.165, 1.54) is 12.8 Å². The van der Waals surface area contributed by atoms with E-state index >= 15 is 0 Å². The van der Waals surface area contributed by atoms with Crippen molar-refractivity contribution in [3.8, 4) is 0 Å². The number of piperidine rings is 1. The Morgan fingerprint density at radius 3 is 2.95 bits per heavy atom. The summed E-state index contributed by atoms with van der Waals surface area (Å²) in [6, 6.07) is 0.343. The fourth-order valence-electron chi connectivity index (χ4n) is 2.74. The highest BCUT2D eigenvalue weighted by Crippen LogP contribution is 2.38. The zero-order valence-corrected chi connectivity index (χ0v) is 11.4. The van der Waals surface area contributed by atoms with Crippen LogP contribution in [0.4, 0.5) is 0 Å². The van der Waals surface area contributed by atoms with Crippen molar-refractivity contribution in [2.24, 2.45) is 5.73 Å². The van der Waals surface area contributed by atoms with Crippen LogP contribution in [-0.4, -0.2) is 47.4 Å². The van der Waals surface area contributed by atoms with Crippen molar-refractivity contribution in [3.05, 3.63) is 11.7 Å². The van der Waals surface area contributed by atoms with Crippen molar-refractivity contribution >= 4 is 0 Å². The van der Waals surface area contributed by atoms with Crippen LogP contribution in [-0.2, 0) is 11.3 Å². The Kier molecular flexibility index (Phi) is 3.81. The van der Waals surface area contributed by atoms with Crippen LogP contribution >= 0.6 is 0 Å². The molecule has 0 radical (unpaired) electrons. The summed E-state index contributed by atoms with van der Waals surface area (Å²) in [5.74, 6) is 2.14. The van der Waals surface area contributed by atoms with E-state index in [0.717, 1.165) is 31.1 Å². The first kappa shape index (κ1) is 13.0. The second-order valence-corrected chi connectivity index (χ2v) is 5.56. The first-order chi connectivity index (χ1) is 9.30. The molecule has 2 heterocycles. The number of hydrogen-bond donors (Lipinski definition) is 1. The van der Waals surface area contributed by atoms with Gasteiger partial charge < -0.3 is 15.0 Å². The molecule has 0 amide bonds. The van der Waals surface area contributed by atoms with E-state index in [4.69, 9.17) is 15.0 Å². The fourth-order valence-corrected chi connectivity index (χ4v) is 2.74. The Morgan fingerprint density at radius 2 is 2.26 bits per heavy atom. The van der Waals surface area contributed by atoms with Gasteiger partial charge in [-0.1, -0.05) is 5.16 Å². The lowest BCUT2D eigenvalue weighted by Gasteiger charge is -2.37. The minimum atomic E-state index is 0.328. The molecular formula is C13H22N4O2. The zero-order chi connectivity index (χ0) is 13.2. The maximum atomic E-state index is 5.86. The molecule has 1 saturated carbocycles. The lowest BCUT2D eigenvalue weighted by atomic mass is 9.99. The Morgan fingerprint density at radius 1 is 1.42 bits per heavy atom. The molecule has 0 aromatic carbocycles. The van der Waals surface area contributed by atoms with Crippen LogP contribution in [0.25, 0.3) is 0 Å². The Hall–Kier alpha value is -0.980. The fraction of sp³-hybridized carbons (Fsp3) is 0.846. The monoisotopic (exact) mass is 266 g/mol. The number of likely N-dealkylation sites (tertiary alicyclic amines) is 1. The van der Waals surface area contributed by atoms with E-state index in [-0.39, 0.29) is 0 Å². The van der Waals surface area contributed by atoms with Gasteiger partial charge in [0.25, 0.3) is 0 Å². The molecule has 6 nitrogen and oxygen atoms in total. The largest absolute Gasteiger partial charge is 0.381 e. The van der Waals surface area contributed by atoms with Crippen molar-refractivity contribution in [2.75, 3.05) is 20.2 Å². The smallest absolute Gasteiger partial charge is 0.240 e. The molecule has 1 aromatic rings. The highest BCUT2D eigenvalue weighted by atomic mass is 16.5. The second-order valence-electron chi connectivity index (χ2n) is 5.56. The number of methoxy groups -OCH3 is 1. The molecule has 1 aromatic heterocycles. The van der Waals surface area contributed by atoms with Crippen molar-refractivity contribution in [1.29, 1.82) is 0 Å². The van der Waals surface area contributed by atoms with Gasteiger partial charge in [-0.05, 0) is 25.7 Å². The zero-order valence-electron chi connectivity index (χ0n) is 11.4. The van der Waals surface area contributed by atoms with Gasteiger partial charge in [0.05, 0.1) is 12.6 Å². The van der Waals surface area contributed by atoms with Gasteiger partial charge in [-0.3, -0.25) is 4.90 Å². The molecule has 106 valence electrons. The molecule has 2 atom stereocenters. The molecule has 2 aliphatic rings. The number of aromatic nitrogens is 2. The molecule has 1 aliphatic carbocycles. The molecular weight excluding hydrogens is 244 g/mol. The maximum absolute atomic E-state index is 5.86. The van der Waals surface area contributed by atoms with Crippen LogP contribution in [0.15, 0.2) is 4.52 Å². The van der Waals surface area contributed by atoms with Gasteiger partial charge in [-0.25, -0.2) is 0 Å². The Labute approximate surface area is 113 Å². The van der Waals surface area contributed by atoms with Crippen LogP contribution in [0.5, 0.6) is 0 Å². The maximum Gasteiger partial charge on any atom is 0.240 e.